The lowest BCUT2D eigenvalue weighted by molar-refractivity contribution is 0.0908. The van der Waals surface area contributed by atoms with Crippen molar-refractivity contribution in [3.8, 4) is 5.75 Å². The second kappa shape index (κ2) is 7.06. The van der Waals surface area contributed by atoms with Crippen molar-refractivity contribution in [2.24, 2.45) is 0 Å². The van der Waals surface area contributed by atoms with Gasteiger partial charge in [-0.2, -0.15) is 0 Å². The van der Waals surface area contributed by atoms with Gasteiger partial charge in [0, 0.05) is 17.8 Å². The molecule has 1 amide bonds. The highest BCUT2D eigenvalue weighted by atomic mass is 16.3. The van der Waals surface area contributed by atoms with Crippen LogP contribution in [-0.4, -0.2) is 38.7 Å². The molecule has 1 atom stereocenters. The summed E-state index contributed by atoms with van der Waals surface area (Å²) in [5.74, 6) is -0.808. The number of aromatic hydroxyl groups is 1. The monoisotopic (exact) mass is 323 g/mol. The maximum Gasteiger partial charge on any atom is 0.274 e. The first-order chi connectivity index (χ1) is 11.7. The number of aliphatic hydroxyl groups is 1. The number of pyridine rings is 2. The summed E-state index contributed by atoms with van der Waals surface area (Å²) >= 11 is 0. The van der Waals surface area contributed by atoms with Crippen LogP contribution in [-0.2, 0) is 6.42 Å². The maximum absolute atomic E-state index is 12.4. The molecule has 3 N–H and O–H groups in total. The molecule has 6 nitrogen and oxygen atoms in total. The Kier molecular flexibility index (Phi) is 4.67. The zero-order valence-corrected chi connectivity index (χ0v) is 12.9. The molecular formula is C18H17N3O3. The summed E-state index contributed by atoms with van der Waals surface area (Å²) in [6, 6.07) is 12.5. The van der Waals surface area contributed by atoms with Gasteiger partial charge in [0.05, 0.1) is 12.6 Å². The molecule has 0 aliphatic rings. The van der Waals surface area contributed by atoms with Crippen molar-refractivity contribution in [2.45, 2.75) is 12.5 Å². The van der Waals surface area contributed by atoms with Gasteiger partial charge in [-0.05, 0) is 24.1 Å². The van der Waals surface area contributed by atoms with E-state index in [4.69, 9.17) is 0 Å². The number of carbonyl (C=O) groups excluding carboxylic acids is 1. The van der Waals surface area contributed by atoms with Gasteiger partial charge >= 0.3 is 0 Å². The number of hydrogen-bond donors (Lipinski definition) is 3. The van der Waals surface area contributed by atoms with Gasteiger partial charge in [0.2, 0.25) is 0 Å². The van der Waals surface area contributed by atoms with Crippen LogP contribution in [0.15, 0.2) is 54.9 Å². The van der Waals surface area contributed by atoms with E-state index >= 15 is 0 Å². The normalized spacial score (nSPS) is 12.0. The van der Waals surface area contributed by atoms with Crippen LogP contribution in [0.25, 0.3) is 10.9 Å². The number of benzene rings is 1. The Morgan fingerprint density at radius 2 is 1.92 bits per heavy atom. The molecule has 0 bridgehead atoms. The molecule has 0 spiro atoms. The number of fused-ring (bicyclic) bond motifs is 1. The van der Waals surface area contributed by atoms with Crippen molar-refractivity contribution >= 4 is 16.8 Å². The third kappa shape index (κ3) is 3.33. The Labute approximate surface area is 138 Å². The molecule has 1 aromatic carbocycles. The summed E-state index contributed by atoms with van der Waals surface area (Å²) in [4.78, 5) is 20.5. The number of rotatable bonds is 5. The molecule has 3 aromatic rings. The van der Waals surface area contributed by atoms with E-state index in [0.29, 0.717) is 17.3 Å². The molecule has 122 valence electrons. The summed E-state index contributed by atoms with van der Waals surface area (Å²) in [7, 11) is 0. The number of nitrogens with one attached hydrogen (secondary N) is 1. The minimum absolute atomic E-state index is 0.104. The van der Waals surface area contributed by atoms with Crippen LogP contribution in [0.4, 0.5) is 0 Å². The molecule has 0 radical (unpaired) electrons. The number of carbonyl (C=O) groups is 1. The Bertz CT molecular complexity index is 853. The number of aromatic nitrogens is 2. The molecule has 0 aliphatic carbocycles. The molecule has 0 unspecified atom stereocenters. The molecule has 0 saturated heterocycles. The van der Waals surface area contributed by atoms with E-state index in [1.165, 1.54) is 12.4 Å². The zero-order valence-electron chi connectivity index (χ0n) is 12.9. The van der Waals surface area contributed by atoms with Crippen LogP contribution in [0.5, 0.6) is 5.75 Å². The fraction of sp³-hybridized carbons (Fsp3) is 0.167. The zero-order chi connectivity index (χ0) is 16.9. The molecule has 2 aromatic heterocycles. The molecule has 2 heterocycles. The van der Waals surface area contributed by atoms with Gasteiger partial charge in [-0.3, -0.25) is 9.78 Å². The van der Waals surface area contributed by atoms with Gasteiger partial charge in [0.15, 0.2) is 11.4 Å². The van der Waals surface area contributed by atoms with E-state index in [1.54, 1.807) is 12.1 Å². The molecule has 0 saturated carbocycles. The molecule has 0 aliphatic heterocycles. The first kappa shape index (κ1) is 15.9. The molecule has 0 fully saturated rings. The van der Waals surface area contributed by atoms with Crippen molar-refractivity contribution in [3.63, 3.8) is 0 Å². The second-order valence-electron chi connectivity index (χ2n) is 5.44. The highest BCUT2D eigenvalue weighted by Crippen LogP contribution is 2.24. The van der Waals surface area contributed by atoms with E-state index in [0.717, 1.165) is 5.56 Å². The third-order valence-corrected chi connectivity index (χ3v) is 3.72. The van der Waals surface area contributed by atoms with Crippen molar-refractivity contribution in [1.29, 1.82) is 0 Å². The lowest BCUT2D eigenvalue weighted by Crippen LogP contribution is -2.39. The van der Waals surface area contributed by atoms with Crippen LogP contribution < -0.4 is 5.32 Å². The average molecular weight is 323 g/mol. The van der Waals surface area contributed by atoms with Crippen LogP contribution in [0.3, 0.4) is 0 Å². The standard InChI is InChI=1S/C18H17N3O3/c22-11-14(9-12-5-2-1-3-6-12)21-18(24)16-17(23)15-13(10-20-16)7-4-8-19-15/h1-8,10,14,22-23H,9,11H2,(H,21,24)/t14-/m0/s1. The second-order valence-corrected chi connectivity index (χ2v) is 5.44. The summed E-state index contributed by atoms with van der Waals surface area (Å²) in [6.45, 7) is -0.215. The van der Waals surface area contributed by atoms with E-state index in [-0.39, 0.29) is 18.1 Å². The number of nitrogens with zero attached hydrogens (tertiary/aromatic N) is 2. The summed E-state index contributed by atoms with van der Waals surface area (Å²) in [5, 5.41) is 23.1. The lowest BCUT2D eigenvalue weighted by atomic mass is 10.1. The SMILES string of the molecule is O=C(N[C@H](CO)Cc1ccccc1)c1ncc2cccnc2c1O. The van der Waals surface area contributed by atoms with Crippen LogP contribution in [0.1, 0.15) is 16.1 Å². The lowest BCUT2D eigenvalue weighted by Gasteiger charge is -2.16. The summed E-state index contributed by atoms with van der Waals surface area (Å²) in [5.41, 5.74) is 1.21. The van der Waals surface area contributed by atoms with Crippen LogP contribution in [0.2, 0.25) is 0 Å². The van der Waals surface area contributed by atoms with Gasteiger partial charge in [-0.15, -0.1) is 0 Å². The minimum atomic E-state index is -0.546. The highest BCUT2D eigenvalue weighted by molar-refractivity contribution is 6.00. The largest absolute Gasteiger partial charge is 0.504 e. The van der Waals surface area contributed by atoms with E-state index < -0.39 is 11.9 Å². The van der Waals surface area contributed by atoms with Crippen molar-refractivity contribution in [1.82, 2.24) is 15.3 Å². The fourth-order valence-corrected chi connectivity index (χ4v) is 2.51. The van der Waals surface area contributed by atoms with Crippen molar-refractivity contribution in [2.75, 3.05) is 6.61 Å². The quantitative estimate of drug-likeness (QED) is 0.664. The first-order valence-electron chi connectivity index (χ1n) is 7.57. The smallest absolute Gasteiger partial charge is 0.274 e. The van der Waals surface area contributed by atoms with Gasteiger partial charge in [-0.1, -0.05) is 30.3 Å². The summed E-state index contributed by atoms with van der Waals surface area (Å²) in [6.07, 6.45) is 3.51. The van der Waals surface area contributed by atoms with E-state index in [1.807, 2.05) is 30.3 Å². The van der Waals surface area contributed by atoms with Crippen LogP contribution in [0, 0.1) is 0 Å². The average Bonchev–Trinajstić information content (AvgIpc) is 2.62. The number of hydrogen-bond acceptors (Lipinski definition) is 5. The van der Waals surface area contributed by atoms with E-state index in [2.05, 4.69) is 15.3 Å². The third-order valence-electron chi connectivity index (χ3n) is 3.72. The molecular weight excluding hydrogens is 306 g/mol. The molecule has 6 heteroatoms. The Morgan fingerprint density at radius 3 is 2.67 bits per heavy atom. The number of amides is 1. The topological polar surface area (TPSA) is 95.3 Å². The van der Waals surface area contributed by atoms with Crippen molar-refractivity contribution in [3.05, 3.63) is 66.1 Å². The molecule has 24 heavy (non-hydrogen) atoms. The van der Waals surface area contributed by atoms with Gasteiger partial charge in [-0.25, -0.2) is 4.98 Å². The van der Waals surface area contributed by atoms with Gasteiger partial charge in [0.25, 0.3) is 5.91 Å². The fourth-order valence-electron chi connectivity index (χ4n) is 2.51. The summed E-state index contributed by atoms with van der Waals surface area (Å²) < 4.78 is 0. The first-order valence-corrected chi connectivity index (χ1v) is 7.57. The Balaban J connectivity index is 1.79. The van der Waals surface area contributed by atoms with Crippen LogP contribution >= 0.6 is 0 Å². The van der Waals surface area contributed by atoms with Gasteiger partial charge in [0.1, 0.15) is 5.52 Å². The molecule has 3 rings (SSSR count). The van der Waals surface area contributed by atoms with Crippen molar-refractivity contribution < 1.29 is 15.0 Å². The van der Waals surface area contributed by atoms with E-state index in [9.17, 15) is 15.0 Å². The number of aliphatic hydroxyl groups excluding tert-OH is 1. The Morgan fingerprint density at radius 1 is 1.12 bits per heavy atom. The minimum Gasteiger partial charge on any atom is -0.504 e. The predicted molar refractivity (Wildman–Crippen MR) is 89.7 cm³/mol. The highest BCUT2D eigenvalue weighted by Gasteiger charge is 2.19. The maximum atomic E-state index is 12.4. The predicted octanol–water partition coefficient (Wildman–Crippen LogP) is 1.67. The Hall–Kier alpha value is -2.99. The van der Waals surface area contributed by atoms with Gasteiger partial charge < -0.3 is 15.5 Å².